The molecule has 0 atom stereocenters. The van der Waals surface area contributed by atoms with E-state index in [-0.39, 0.29) is 5.41 Å². The number of halogens is 1. The van der Waals surface area contributed by atoms with Crippen LogP contribution in [0.3, 0.4) is 0 Å². The van der Waals surface area contributed by atoms with Gasteiger partial charge >= 0.3 is 0 Å². The highest BCUT2D eigenvalue weighted by Crippen LogP contribution is 2.36. The van der Waals surface area contributed by atoms with Gasteiger partial charge < -0.3 is 10.1 Å². The summed E-state index contributed by atoms with van der Waals surface area (Å²) in [7, 11) is 1.74. The van der Waals surface area contributed by atoms with E-state index >= 15 is 0 Å². The van der Waals surface area contributed by atoms with Crippen molar-refractivity contribution in [3.8, 4) is 5.75 Å². The summed E-state index contributed by atoms with van der Waals surface area (Å²) in [6.07, 6.45) is 3.82. The molecule has 100 valence electrons. The normalized spacial score (nSPS) is 15.8. The number of rotatable bonds is 6. The molecule has 0 heterocycles. The molecule has 0 amide bonds. The molecule has 0 saturated heterocycles. The maximum absolute atomic E-state index is 5.49. The molecule has 2 nitrogen and oxygen atoms in total. The molecule has 1 saturated carbocycles. The Labute approximate surface area is 118 Å². The second-order valence-corrected chi connectivity index (χ2v) is 6.62. The summed E-state index contributed by atoms with van der Waals surface area (Å²) in [6, 6.07) is 7.02. The molecule has 0 bridgehead atoms. The van der Waals surface area contributed by atoms with Gasteiger partial charge in [0.25, 0.3) is 0 Å². The standard InChI is InChI=1S/C15H22BrNO/c1-15(2,8-9-17-12-5-6-12)13-10-11(16)4-7-14(13)18-3/h4,7,10,12,17H,5-6,8-9H2,1-3H3. The topological polar surface area (TPSA) is 21.3 Å². The minimum absolute atomic E-state index is 0.122. The van der Waals surface area contributed by atoms with Crippen molar-refractivity contribution in [2.45, 2.75) is 44.6 Å². The van der Waals surface area contributed by atoms with E-state index in [0.29, 0.717) is 0 Å². The lowest BCUT2D eigenvalue weighted by molar-refractivity contribution is 0.382. The molecule has 0 aliphatic heterocycles. The van der Waals surface area contributed by atoms with E-state index in [4.69, 9.17) is 4.74 Å². The molecule has 1 aliphatic carbocycles. The van der Waals surface area contributed by atoms with Crippen molar-refractivity contribution in [3.05, 3.63) is 28.2 Å². The maximum atomic E-state index is 5.49. The smallest absolute Gasteiger partial charge is 0.122 e. The van der Waals surface area contributed by atoms with Crippen molar-refractivity contribution in [1.82, 2.24) is 5.32 Å². The van der Waals surface area contributed by atoms with Crippen molar-refractivity contribution in [2.75, 3.05) is 13.7 Å². The molecule has 1 aliphatic rings. The first-order chi connectivity index (χ1) is 8.53. The maximum Gasteiger partial charge on any atom is 0.122 e. The lowest BCUT2D eigenvalue weighted by Crippen LogP contribution is -2.27. The van der Waals surface area contributed by atoms with Crippen LogP contribution in [0.25, 0.3) is 0 Å². The first-order valence-corrected chi connectivity index (χ1v) is 7.39. The number of methoxy groups -OCH3 is 1. The predicted octanol–water partition coefficient (Wildman–Crippen LogP) is 3.88. The Morgan fingerprint density at radius 3 is 2.72 bits per heavy atom. The number of hydrogen-bond acceptors (Lipinski definition) is 2. The number of ether oxygens (including phenoxy) is 1. The molecule has 1 fully saturated rings. The number of nitrogens with one attached hydrogen (secondary N) is 1. The molecular formula is C15H22BrNO. The van der Waals surface area contributed by atoms with Crippen LogP contribution >= 0.6 is 15.9 Å². The lowest BCUT2D eigenvalue weighted by Gasteiger charge is -2.27. The molecule has 1 aromatic rings. The fourth-order valence-electron chi connectivity index (χ4n) is 2.22. The summed E-state index contributed by atoms with van der Waals surface area (Å²) in [5.74, 6) is 0.981. The molecule has 0 spiro atoms. The molecule has 2 rings (SSSR count). The molecule has 0 aromatic heterocycles. The fraction of sp³-hybridized carbons (Fsp3) is 0.600. The summed E-state index contributed by atoms with van der Waals surface area (Å²) in [4.78, 5) is 0. The lowest BCUT2D eigenvalue weighted by atomic mass is 9.81. The molecule has 0 unspecified atom stereocenters. The van der Waals surface area contributed by atoms with Crippen LogP contribution in [0.5, 0.6) is 5.75 Å². The van der Waals surface area contributed by atoms with Crippen LogP contribution in [0, 0.1) is 0 Å². The van der Waals surface area contributed by atoms with Crippen LogP contribution in [0.15, 0.2) is 22.7 Å². The molecule has 3 heteroatoms. The van der Waals surface area contributed by atoms with Crippen LogP contribution in [0.4, 0.5) is 0 Å². The predicted molar refractivity (Wildman–Crippen MR) is 79.4 cm³/mol. The van der Waals surface area contributed by atoms with Crippen molar-refractivity contribution in [2.24, 2.45) is 0 Å². The number of benzene rings is 1. The summed E-state index contributed by atoms with van der Waals surface area (Å²) < 4.78 is 6.60. The van der Waals surface area contributed by atoms with Gasteiger partial charge in [0.15, 0.2) is 0 Å². The quantitative estimate of drug-likeness (QED) is 0.861. The van der Waals surface area contributed by atoms with Gasteiger partial charge in [0.2, 0.25) is 0 Å². The Morgan fingerprint density at radius 2 is 2.11 bits per heavy atom. The van der Waals surface area contributed by atoms with Gasteiger partial charge in [-0.05, 0) is 49.4 Å². The third kappa shape index (κ3) is 3.48. The van der Waals surface area contributed by atoms with Gasteiger partial charge in [-0.25, -0.2) is 0 Å². The molecular weight excluding hydrogens is 290 g/mol. The Kier molecular flexibility index (Phi) is 4.33. The SMILES string of the molecule is COc1ccc(Br)cc1C(C)(C)CCNC1CC1. The largest absolute Gasteiger partial charge is 0.496 e. The zero-order chi connectivity index (χ0) is 13.2. The Hall–Kier alpha value is -0.540. The van der Waals surface area contributed by atoms with Gasteiger partial charge in [-0.15, -0.1) is 0 Å². The third-order valence-corrected chi connectivity index (χ3v) is 4.14. The zero-order valence-corrected chi connectivity index (χ0v) is 13.0. The van der Waals surface area contributed by atoms with Crippen LogP contribution in [0.2, 0.25) is 0 Å². The van der Waals surface area contributed by atoms with Gasteiger partial charge in [-0.1, -0.05) is 29.8 Å². The van der Waals surface area contributed by atoms with E-state index in [1.165, 1.54) is 18.4 Å². The van der Waals surface area contributed by atoms with Crippen LogP contribution in [-0.2, 0) is 5.41 Å². The summed E-state index contributed by atoms with van der Waals surface area (Å²) >= 11 is 3.55. The summed E-state index contributed by atoms with van der Waals surface area (Å²) in [5.41, 5.74) is 1.40. The van der Waals surface area contributed by atoms with Crippen LogP contribution in [0.1, 0.15) is 38.7 Å². The van der Waals surface area contributed by atoms with E-state index in [0.717, 1.165) is 29.2 Å². The minimum Gasteiger partial charge on any atom is -0.496 e. The van der Waals surface area contributed by atoms with Crippen LogP contribution in [-0.4, -0.2) is 19.7 Å². The first-order valence-electron chi connectivity index (χ1n) is 6.60. The van der Waals surface area contributed by atoms with Gasteiger partial charge in [-0.2, -0.15) is 0 Å². The van der Waals surface area contributed by atoms with Gasteiger partial charge in [0.05, 0.1) is 7.11 Å². The Bertz CT molecular complexity index is 413. The van der Waals surface area contributed by atoms with Crippen LogP contribution < -0.4 is 10.1 Å². The highest BCUT2D eigenvalue weighted by Gasteiger charge is 2.26. The Balaban J connectivity index is 2.08. The van der Waals surface area contributed by atoms with E-state index in [9.17, 15) is 0 Å². The second kappa shape index (κ2) is 5.62. The van der Waals surface area contributed by atoms with Crippen molar-refractivity contribution < 1.29 is 4.74 Å². The highest BCUT2D eigenvalue weighted by atomic mass is 79.9. The summed E-state index contributed by atoms with van der Waals surface area (Å²) in [5, 5.41) is 3.58. The number of hydrogen-bond donors (Lipinski definition) is 1. The van der Waals surface area contributed by atoms with E-state index in [1.807, 2.05) is 12.1 Å². The van der Waals surface area contributed by atoms with Gasteiger partial charge in [-0.3, -0.25) is 0 Å². The molecule has 0 radical (unpaired) electrons. The minimum atomic E-state index is 0.122. The first kappa shape index (κ1) is 13.9. The average Bonchev–Trinajstić information content (AvgIpc) is 3.13. The van der Waals surface area contributed by atoms with E-state index < -0.39 is 0 Å². The third-order valence-electron chi connectivity index (χ3n) is 3.65. The fourth-order valence-corrected chi connectivity index (χ4v) is 2.58. The van der Waals surface area contributed by atoms with Gasteiger partial charge in [0.1, 0.15) is 5.75 Å². The van der Waals surface area contributed by atoms with Crippen molar-refractivity contribution >= 4 is 15.9 Å². The van der Waals surface area contributed by atoms with Crippen molar-refractivity contribution in [3.63, 3.8) is 0 Å². The van der Waals surface area contributed by atoms with E-state index in [2.05, 4.69) is 41.2 Å². The Morgan fingerprint density at radius 1 is 1.39 bits per heavy atom. The molecule has 1 aromatic carbocycles. The van der Waals surface area contributed by atoms with E-state index in [1.54, 1.807) is 7.11 Å². The molecule has 1 N–H and O–H groups in total. The summed E-state index contributed by atoms with van der Waals surface area (Å²) in [6.45, 7) is 5.64. The van der Waals surface area contributed by atoms with Gasteiger partial charge in [0, 0.05) is 16.1 Å². The average molecular weight is 312 g/mol. The zero-order valence-electron chi connectivity index (χ0n) is 11.4. The monoisotopic (exact) mass is 311 g/mol. The molecule has 18 heavy (non-hydrogen) atoms. The highest BCUT2D eigenvalue weighted by molar-refractivity contribution is 9.10. The van der Waals surface area contributed by atoms with Crippen molar-refractivity contribution in [1.29, 1.82) is 0 Å². The second-order valence-electron chi connectivity index (χ2n) is 5.71.